The van der Waals surface area contributed by atoms with Crippen molar-refractivity contribution in [1.82, 2.24) is 5.32 Å². The SMILES string of the molecule is CC(=O)C(CCC(=O)O)NCC(N)CCCN=C(C)N. The highest BCUT2D eigenvalue weighted by Crippen LogP contribution is 2.01. The van der Waals surface area contributed by atoms with E-state index >= 15 is 0 Å². The number of nitrogens with zero attached hydrogens (tertiary/aromatic N) is 1. The summed E-state index contributed by atoms with van der Waals surface area (Å²) in [7, 11) is 0. The molecule has 2 unspecified atom stereocenters. The van der Waals surface area contributed by atoms with Crippen molar-refractivity contribution in [2.75, 3.05) is 13.1 Å². The number of Topliss-reactive ketones (excluding diaryl/α,β-unsaturated/α-hetero) is 1. The van der Waals surface area contributed by atoms with Crippen molar-refractivity contribution in [3.8, 4) is 0 Å². The summed E-state index contributed by atoms with van der Waals surface area (Å²) in [6.45, 7) is 4.31. The van der Waals surface area contributed by atoms with Crippen LogP contribution in [0, 0.1) is 0 Å². The Morgan fingerprint density at radius 2 is 1.95 bits per heavy atom. The molecule has 0 rings (SSSR count). The van der Waals surface area contributed by atoms with Crippen molar-refractivity contribution < 1.29 is 14.7 Å². The van der Waals surface area contributed by atoms with Crippen LogP contribution in [0.5, 0.6) is 0 Å². The van der Waals surface area contributed by atoms with Gasteiger partial charge in [0.15, 0.2) is 0 Å². The first-order valence-electron chi connectivity index (χ1n) is 6.80. The van der Waals surface area contributed by atoms with Gasteiger partial charge < -0.3 is 21.9 Å². The first kappa shape index (κ1) is 18.5. The maximum absolute atomic E-state index is 11.4. The van der Waals surface area contributed by atoms with Crippen LogP contribution in [0.4, 0.5) is 0 Å². The Bertz CT molecular complexity index is 341. The molecule has 7 nitrogen and oxygen atoms in total. The molecular formula is C13H26N4O3. The highest BCUT2D eigenvalue weighted by atomic mass is 16.4. The third kappa shape index (κ3) is 10.5. The summed E-state index contributed by atoms with van der Waals surface area (Å²) in [5, 5.41) is 11.6. The summed E-state index contributed by atoms with van der Waals surface area (Å²) in [5.41, 5.74) is 11.3. The van der Waals surface area contributed by atoms with E-state index < -0.39 is 12.0 Å². The van der Waals surface area contributed by atoms with Gasteiger partial charge in [-0.3, -0.25) is 14.6 Å². The van der Waals surface area contributed by atoms with E-state index in [0.717, 1.165) is 12.8 Å². The second kappa shape index (κ2) is 10.3. The van der Waals surface area contributed by atoms with Crippen molar-refractivity contribution in [3.63, 3.8) is 0 Å². The molecule has 0 saturated carbocycles. The number of carbonyl (C=O) groups is 2. The molecule has 0 saturated heterocycles. The first-order chi connectivity index (χ1) is 9.32. The zero-order valence-corrected chi connectivity index (χ0v) is 12.3. The van der Waals surface area contributed by atoms with Gasteiger partial charge in [-0.05, 0) is 33.1 Å². The lowest BCUT2D eigenvalue weighted by Crippen LogP contribution is -2.43. The summed E-state index contributed by atoms with van der Waals surface area (Å²) >= 11 is 0. The zero-order valence-electron chi connectivity index (χ0n) is 12.3. The fourth-order valence-corrected chi connectivity index (χ4v) is 1.72. The third-order valence-electron chi connectivity index (χ3n) is 2.86. The Labute approximate surface area is 119 Å². The number of carboxylic acid groups (broad SMARTS) is 1. The highest BCUT2D eigenvalue weighted by Gasteiger charge is 2.16. The summed E-state index contributed by atoms with van der Waals surface area (Å²) in [6, 6.07) is -0.531. The van der Waals surface area contributed by atoms with Crippen LogP contribution in [0.2, 0.25) is 0 Å². The van der Waals surface area contributed by atoms with Crippen LogP contribution < -0.4 is 16.8 Å². The Kier molecular flexibility index (Phi) is 9.57. The largest absolute Gasteiger partial charge is 0.481 e. The van der Waals surface area contributed by atoms with Crippen molar-refractivity contribution >= 4 is 17.6 Å². The molecule has 0 amide bonds. The van der Waals surface area contributed by atoms with Crippen molar-refractivity contribution in [3.05, 3.63) is 0 Å². The van der Waals surface area contributed by atoms with E-state index in [0.29, 0.717) is 18.9 Å². The fourth-order valence-electron chi connectivity index (χ4n) is 1.72. The summed E-state index contributed by atoms with van der Waals surface area (Å²) in [5.74, 6) is -0.416. The Balaban J connectivity index is 3.92. The molecule has 2 atom stereocenters. The number of carboxylic acids is 1. The van der Waals surface area contributed by atoms with E-state index in [1.54, 1.807) is 6.92 Å². The fraction of sp³-hybridized carbons (Fsp3) is 0.769. The van der Waals surface area contributed by atoms with Crippen LogP contribution in [-0.4, -0.2) is 47.9 Å². The molecule has 7 heteroatoms. The van der Waals surface area contributed by atoms with Crippen LogP contribution in [0.15, 0.2) is 4.99 Å². The van der Waals surface area contributed by atoms with Crippen molar-refractivity contribution in [1.29, 1.82) is 0 Å². The van der Waals surface area contributed by atoms with Crippen molar-refractivity contribution in [2.24, 2.45) is 16.5 Å². The predicted molar refractivity (Wildman–Crippen MR) is 78.7 cm³/mol. The van der Waals surface area contributed by atoms with Crippen LogP contribution in [0.1, 0.15) is 39.5 Å². The zero-order chi connectivity index (χ0) is 15.5. The molecular weight excluding hydrogens is 260 g/mol. The van der Waals surface area contributed by atoms with Crippen LogP contribution >= 0.6 is 0 Å². The molecule has 0 aliphatic heterocycles. The van der Waals surface area contributed by atoms with E-state index in [1.807, 2.05) is 0 Å². The molecule has 116 valence electrons. The quantitative estimate of drug-likeness (QED) is 0.238. The number of hydrogen-bond acceptors (Lipinski definition) is 5. The average Bonchev–Trinajstić information content (AvgIpc) is 2.33. The smallest absolute Gasteiger partial charge is 0.303 e. The normalized spacial score (nSPS) is 14.8. The molecule has 0 radical (unpaired) electrons. The standard InChI is InChI=1S/C13H26N4O3/c1-9(18)12(5-6-13(19)20)17-8-11(15)4-3-7-16-10(2)14/h11-12,17H,3-8,15H2,1-2H3,(H2,14,16)(H,19,20). The number of carbonyl (C=O) groups excluding carboxylic acids is 1. The van der Waals surface area contributed by atoms with Gasteiger partial charge in [-0.15, -0.1) is 0 Å². The van der Waals surface area contributed by atoms with Gasteiger partial charge in [0.05, 0.1) is 11.9 Å². The molecule has 6 N–H and O–H groups in total. The van der Waals surface area contributed by atoms with Gasteiger partial charge in [0.2, 0.25) is 0 Å². The average molecular weight is 286 g/mol. The number of nitrogens with one attached hydrogen (secondary N) is 1. The summed E-state index contributed by atoms with van der Waals surface area (Å²) < 4.78 is 0. The van der Waals surface area contributed by atoms with Gasteiger partial charge in [0.1, 0.15) is 5.78 Å². The van der Waals surface area contributed by atoms with Gasteiger partial charge >= 0.3 is 5.97 Å². The molecule has 0 aliphatic rings. The van der Waals surface area contributed by atoms with Crippen molar-refractivity contribution in [2.45, 2.75) is 51.6 Å². The Hall–Kier alpha value is -1.47. The van der Waals surface area contributed by atoms with E-state index in [4.69, 9.17) is 16.6 Å². The number of amidine groups is 1. The maximum Gasteiger partial charge on any atom is 0.303 e. The number of nitrogens with two attached hydrogens (primary N) is 2. The minimum Gasteiger partial charge on any atom is -0.481 e. The number of rotatable bonds is 11. The van der Waals surface area contributed by atoms with Gasteiger partial charge in [0, 0.05) is 25.6 Å². The van der Waals surface area contributed by atoms with E-state index in [1.165, 1.54) is 6.92 Å². The first-order valence-corrected chi connectivity index (χ1v) is 6.80. The van der Waals surface area contributed by atoms with Gasteiger partial charge in [0.25, 0.3) is 0 Å². The monoisotopic (exact) mass is 286 g/mol. The Morgan fingerprint density at radius 3 is 2.45 bits per heavy atom. The van der Waals surface area contributed by atoms with Crippen LogP contribution in [0.3, 0.4) is 0 Å². The third-order valence-corrected chi connectivity index (χ3v) is 2.86. The van der Waals surface area contributed by atoms with Gasteiger partial charge in [-0.25, -0.2) is 0 Å². The number of aliphatic imine (C=N–C) groups is 1. The van der Waals surface area contributed by atoms with E-state index in [2.05, 4.69) is 10.3 Å². The summed E-state index contributed by atoms with van der Waals surface area (Å²) in [6.07, 6.45) is 1.86. The molecule has 0 bridgehead atoms. The minimum absolute atomic E-state index is 0.0308. The molecule has 0 aromatic heterocycles. The Morgan fingerprint density at radius 1 is 1.30 bits per heavy atom. The molecule has 20 heavy (non-hydrogen) atoms. The summed E-state index contributed by atoms with van der Waals surface area (Å²) in [4.78, 5) is 26.0. The second-order valence-corrected chi connectivity index (χ2v) is 4.93. The lowest BCUT2D eigenvalue weighted by molar-refractivity contribution is -0.137. The second-order valence-electron chi connectivity index (χ2n) is 4.93. The molecule has 0 aromatic rings. The van der Waals surface area contributed by atoms with Crippen LogP contribution in [-0.2, 0) is 9.59 Å². The highest BCUT2D eigenvalue weighted by molar-refractivity contribution is 5.82. The molecule has 0 fully saturated rings. The minimum atomic E-state index is -0.905. The predicted octanol–water partition coefficient (Wildman–Crippen LogP) is -0.117. The van der Waals surface area contributed by atoms with E-state index in [9.17, 15) is 9.59 Å². The topological polar surface area (TPSA) is 131 Å². The number of aliphatic carboxylic acids is 1. The molecule has 0 heterocycles. The lowest BCUT2D eigenvalue weighted by Gasteiger charge is -2.18. The maximum atomic E-state index is 11.4. The lowest BCUT2D eigenvalue weighted by atomic mass is 10.1. The molecule has 0 aromatic carbocycles. The van der Waals surface area contributed by atoms with Gasteiger partial charge in [-0.1, -0.05) is 0 Å². The molecule has 0 spiro atoms. The molecule has 0 aliphatic carbocycles. The van der Waals surface area contributed by atoms with Gasteiger partial charge in [-0.2, -0.15) is 0 Å². The number of ketones is 1. The van der Waals surface area contributed by atoms with E-state index in [-0.39, 0.29) is 24.7 Å². The van der Waals surface area contributed by atoms with Crippen LogP contribution in [0.25, 0.3) is 0 Å². The number of hydrogen-bond donors (Lipinski definition) is 4.